The average molecular weight is 464 g/mol. The molecule has 1 aliphatic carbocycles. The molecule has 0 N–H and O–H groups in total. The molecule has 2 aliphatic heterocycles. The number of amides is 1. The van der Waals surface area contributed by atoms with Crippen molar-refractivity contribution in [2.75, 3.05) is 19.8 Å². The molecule has 3 aliphatic rings. The summed E-state index contributed by atoms with van der Waals surface area (Å²) < 4.78 is 20.0. The highest BCUT2D eigenvalue weighted by molar-refractivity contribution is 6.04. The zero-order valence-corrected chi connectivity index (χ0v) is 19.6. The Morgan fingerprint density at radius 3 is 2.32 bits per heavy atom. The van der Waals surface area contributed by atoms with Gasteiger partial charge in [0.1, 0.15) is 18.5 Å². The Hall–Kier alpha value is -3.02. The third-order valence-electron chi connectivity index (χ3n) is 7.80. The number of alkyl halides is 1. The number of carbonyl (C=O) groups excluding carboxylic acids is 3. The molecule has 1 amide bonds. The van der Waals surface area contributed by atoms with Crippen molar-refractivity contribution < 1.29 is 23.5 Å². The molecule has 0 spiro atoms. The van der Waals surface area contributed by atoms with E-state index < -0.39 is 12.8 Å². The maximum atomic E-state index is 14.0. The molecule has 5 rings (SSSR count). The van der Waals surface area contributed by atoms with Gasteiger partial charge in [-0.2, -0.15) is 0 Å². The second kappa shape index (κ2) is 8.97. The van der Waals surface area contributed by atoms with Crippen LogP contribution in [0.1, 0.15) is 70.9 Å². The predicted octanol–water partition coefficient (Wildman–Crippen LogP) is 4.83. The standard InChI is InChI=1S/C28H30FNO4/c1-3-23(31)19-10-17(24(32)12-18-21-14-30(15-22(18)21)26(33)4-2)11-20-27(16-8-6-5-7-9-16)25(13-29)34-28(19)20/h5-11,18,21-22,25,27H,3-4,12-15H2,1-2H3/t18?,21-,22+,25-,27+/m1/s1. The molecule has 2 aromatic rings. The summed E-state index contributed by atoms with van der Waals surface area (Å²) in [5.74, 6) is 1.16. The molecular weight excluding hydrogens is 433 g/mol. The monoisotopic (exact) mass is 463 g/mol. The van der Waals surface area contributed by atoms with Gasteiger partial charge in [0.15, 0.2) is 11.6 Å². The highest BCUT2D eigenvalue weighted by Crippen LogP contribution is 2.54. The molecule has 5 nitrogen and oxygen atoms in total. The Balaban J connectivity index is 1.43. The van der Waals surface area contributed by atoms with E-state index in [0.29, 0.717) is 47.1 Å². The summed E-state index contributed by atoms with van der Waals surface area (Å²) in [7, 11) is 0. The number of carbonyl (C=O) groups is 3. The SMILES string of the molecule is CCC(=O)c1cc(C(=O)CC2[C@H]3CN(C(=O)CC)C[C@@H]23)cc2c1O[C@H](CF)[C@H]2c1ccccc1. The van der Waals surface area contributed by atoms with Crippen molar-refractivity contribution in [1.82, 2.24) is 4.90 Å². The van der Waals surface area contributed by atoms with Gasteiger partial charge in [-0.05, 0) is 35.4 Å². The average Bonchev–Trinajstić information content (AvgIpc) is 3.20. The maximum Gasteiger partial charge on any atom is 0.222 e. The van der Waals surface area contributed by atoms with E-state index in [1.54, 1.807) is 13.0 Å². The minimum absolute atomic E-state index is 0.00349. The van der Waals surface area contributed by atoms with Gasteiger partial charge in [0.05, 0.1) is 11.5 Å². The largest absolute Gasteiger partial charge is 0.486 e. The lowest BCUT2D eigenvalue weighted by Gasteiger charge is -2.19. The Morgan fingerprint density at radius 1 is 1.00 bits per heavy atom. The number of rotatable bonds is 8. The molecule has 1 saturated carbocycles. The van der Waals surface area contributed by atoms with E-state index in [1.165, 1.54) is 0 Å². The van der Waals surface area contributed by atoms with Crippen molar-refractivity contribution in [2.24, 2.45) is 17.8 Å². The van der Waals surface area contributed by atoms with Crippen LogP contribution < -0.4 is 4.74 Å². The van der Waals surface area contributed by atoms with Crippen molar-refractivity contribution in [3.63, 3.8) is 0 Å². The van der Waals surface area contributed by atoms with Gasteiger partial charge in [-0.15, -0.1) is 0 Å². The quantitative estimate of drug-likeness (QED) is 0.526. The van der Waals surface area contributed by atoms with E-state index in [-0.39, 0.29) is 35.7 Å². The van der Waals surface area contributed by atoms with Crippen molar-refractivity contribution in [3.05, 3.63) is 64.7 Å². The van der Waals surface area contributed by atoms with Crippen LogP contribution >= 0.6 is 0 Å². The third-order valence-corrected chi connectivity index (χ3v) is 7.80. The topological polar surface area (TPSA) is 63.7 Å². The first-order chi connectivity index (χ1) is 16.5. The second-order valence-electron chi connectivity index (χ2n) is 9.69. The fraction of sp³-hybridized carbons (Fsp3) is 0.464. The first kappa shape index (κ1) is 22.8. The lowest BCUT2D eigenvalue weighted by Crippen LogP contribution is -2.31. The van der Waals surface area contributed by atoms with Gasteiger partial charge in [-0.1, -0.05) is 44.2 Å². The molecule has 2 fully saturated rings. The minimum atomic E-state index is -0.726. The first-order valence-electron chi connectivity index (χ1n) is 12.3. The summed E-state index contributed by atoms with van der Waals surface area (Å²) in [5, 5.41) is 0. The Labute approximate surface area is 199 Å². The molecule has 34 heavy (non-hydrogen) atoms. The van der Waals surface area contributed by atoms with Crippen molar-refractivity contribution in [2.45, 2.75) is 45.1 Å². The first-order valence-corrected chi connectivity index (χ1v) is 12.3. The van der Waals surface area contributed by atoms with Gasteiger partial charge < -0.3 is 9.64 Å². The number of piperidine rings is 1. The van der Waals surface area contributed by atoms with E-state index in [2.05, 4.69) is 0 Å². The fourth-order valence-corrected chi connectivity index (χ4v) is 5.88. The highest BCUT2D eigenvalue weighted by atomic mass is 19.1. The van der Waals surface area contributed by atoms with Crippen LogP contribution in [0, 0.1) is 17.8 Å². The van der Waals surface area contributed by atoms with Crippen LogP contribution in [0.3, 0.4) is 0 Å². The zero-order chi connectivity index (χ0) is 24.0. The second-order valence-corrected chi connectivity index (χ2v) is 9.69. The van der Waals surface area contributed by atoms with Crippen LogP contribution in [-0.2, 0) is 4.79 Å². The summed E-state index contributed by atoms with van der Waals surface area (Å²) in [6.07, 6.45) is 0.469. The molecule has 2 aromatic carbocycles. The molecule has 6 heteroatoms. The van der Waals surface area contributed by atoms with Gasteiger partial charge >= 0.3 is 0 Å². The normalized spacial score (nSPS) is 26.6. The maximum absolute atomic E-state index is 14.0. The number of likely N-dealkylation sites (tertiary alicyclic amines) is 1. The summed E-state index contributed by atoms with van der Waals surface area (Å²) >= 11 is 0. The van der Waals surface area contributed by atoms with Crippen LogP contribution in [0.25, 0.3) is 0 Å². The number of ether oxygens (including phenoxy) is 1. The summed E-state index contributed by atoms with van der Waals surface area (Å²) in [6.45, 7) is 4.43. The van der Waals surface area contributed by atoms with Gasteiger partial charge in [0.2, 0.25) is 5.91 Å². The van der Waals surface area contributed by atoms with Gasteiger partial charge in [0.25, 0.3) is 0 Å². The van der Waals surface area contributed by atoms with Crippen molar-refractivity contribution >= 4 is 17.5 Å². The van der Waals surface area contributed by atoms with E-state index in [9.17, 15) is 18.8 Å². The number of halogens is 1. The highest BCUT2D eigenvalue weighted by Gasteiger charge is 2.56. The molecule has 178 valence electrons. The summed E-state index contributed by atoms with van der Waals surface area (Å²) in [6, 6.07) is 13.0. The van der Waals surface area contributed by atoms with Crippen LogP contribution in [-0.4, -0.2) is 48.2 Å². The number of Topliss-reactive ketones (excluding diaryl/α,β-unsaturated/α-hetero) is 2. The van der Waals surface area contributed by atoms with E-state index in [0.717, 1.165) is 18.7 Å². The lowest BCUT2D eigenvalue weighted by molar-refractivity contribution is -0.130. The molecule has 2 heterocycles. The molecule has 0 radical (unpaired) electrons. The van der Waals surface area contributed by atoms with Crippen LogP contribution in [0.15, 0.2) is 42.5 Å². The molecule has 0 bridgehead atoms. The van der Waals surface area contributed by atoms with Gasteiger partial charge in [-0.3, -0.25) is 14.4 Å². The van der Waals surface area contributed by atoms with Crippen LogP contribution in [0.5, 0.6) is 5.75 Å². The zero-order valence-electron chi connectivity index (χ0n) is 19.6. The lowest BCUT2D eigenvalue weighted by atomic mass is 9.85. The molecule has 0 aromatic heterocycles. The number of hydrogen-bond donors (Lipinski definition) is 0. The van der Waals surface area contributed by atoms with Crippen molar-refractivity contribution in [3.8, 4) is 5.75 Å². The Morgan fingerprint density at radius 2 is 1.71 bits per heavy atom. The number of fused-ring (bicyclic) bond motifs is 2. The van der Waals surface area contributed by atoms with E-state index >= 15 is 0 Å². The van der Waals surface area contributed by atoms with E-state index in [4.69, 9.17) is 4.74 Å². The smallest absolute Gasteiger partial charge is 0.222 e. The van der Waals surface area contributed by atoms with Crippen LogP contribution in [0.4, 0.5) is 4.39 Å². The Bertz CT molecular complexity index is 1120. The molecule has 1 unspecified atom stereocenters. The van der Waals surface area contributed by atoms with Crippen LogP contribution in [0.2, 0.25) is 0 Å². The fourth-order valence-electron chi connectivity index (χ4n) is 5.88. The van der Waals surface area contributed by atoms with Gasteiger partial charge in [0, 0.05) is 43.5 Å². The summed E-state index contributed by atoms with van der Waals surface area (Å²) in [4.78, 5) is 40.0. The number of nitrogens with zero attached hydrogens (tertiary/aromatic N) is 1. The number of ketones is 2. The Kier molecular flexibility index (Phi) is 6.00. The summed E-state index contributed by atoms with van der Waals surface area (Å²) in [5.41, 5.74) is 2.48. The number of hydrogen-bond acceptors (Lipinski definition) is 4. The predicted molar refractivity (Wildman–Crippen MR) is 126 cm³/mol. The molecule has 5 atom stereocenters. The van der Waals surface area contributed by atoms with Gasteiger partial charge in [-0.25, -0.2) is 4.39 Å². The number of benzene rings is 2. The van der Waals surface area contributed by atoms with E-state index in [1.807, 2.05) is 48.2 Å². The van der Waals surface area contributed by atoms with Crippen molar-refractivity contribution in [1.29, 1.82) is 0 Å². The molecular formula is C28H30FNO4. The third kappa shape index (κ3) is 3.83. The minimum Gasteiger partial charge on any atom is -0.486 e. The molecule has 1 saturated heterocycles.